The lowest BCUT2D eigenvalue weighted by Gasteiger charge is -2.07. The van der Waals surface area contributed by atoms with Crippen LogP contribution in [-0.4, -0.2) is 19.6 Å². The average Bonchev–Trinajstić information content (AvgIpc) is 2.85. The van der Waals surface area contributed by atoms with E-state index >= 15 is 0 Å². The first-order valence-corrected chi connectivity index (χ1v) is 6.68. The van der Waals surface area contributed by atoms with Crippen molar-refractivity contribution in [2.24, 2.45) is 0 Å². The lowest BCUT2D eigenvalue weighted by molar-refractivity contribution is -0.140. The Labute approximate surface area is 109 Å². The first kappa shape index (κ1) is 13.1. The number of carbonyl (C=O) groups is 1. The SMILES string of the molecule is COC(=O)CCCNCc1ccc2c(c1)CCC2. The quantitative estimate of drug-likeness (QED) is 0.619. The first-order chi connectivity index (χ1) is 8.79. The standard InChI is InChI=1S/C15H21NO2/c1-18-15(17)6-3-9-16-11-12-7-8-13-4-2-5-14(13)10-12/h7-8,10,16H,2-6,9,11H2,1H3. The zero-order valence-electron chi connectivity index (χ0n) is 11.0. The minimum atomic E-state index is -0.130. The van der Waals surface area contributed by atoms with Crippen LogP contribution in [0.5, 0.6) is 0 Å². The average molecular weight is 247 g/mol. The van der Waals surface area contributed by atoms with Crippen molar-refractivity contribution >= 4 is 5.97 Å². The molecule has 18 heavy (non-hydrogen) atoms. The Morgan fingerprint density at radius 3 is 3.00 bits per heavy atom. The van der Waals surface area contributed by atoms with E-state index < -0.39 is 0 Å². The van der Waals surface area contributed by atoms with Crippen LogP contribution >= 0.6 is 0 Å². The summed E-state index contributed by atoms with van der Waals surface area (Å²) in [4.78, 5) is 10.9. The molecule has 0 aliphatic heterocycles. The topological polar surface area (TPSA) is 38.3 Å². The summed E-state index contributed by atoms with van der Waals surface area (Å²) in [6.45, 7) is 1.74. The molecule has 0 fully saturated rings. The molecule has 2 rings (SSSR count). The number of ether oxygens (including phenoxy) is 1. The van der Waals surface area contributed by atoms with Gasteiger partial charge in [0.15, 0.2) is 0 Å². The maximum atomic E-state index is 10.9. The summed E-state index contributed by atoms with van der Waals surface area (Å²) in [5, 5.41) is 3.36. The van der Waals surface area contributed by atoms with Gasteiger partial charge in [-0.2, -0.15) is 0 Å². The van der Waals surface area contributed by atoms with E-state index in [1.165, 1.54) is 43.1 Å². The molecule has 98 valence electrons. The Balaban J connectivity index is 1.69. The van der Waals surface area contributed by atoms with Gasteiger partial charge >= 0.3 is 5.97 Å². The maximum Gasteiger partial charge on any atom is 0.305 e. The van der Waals surface area contributed by atoms with Crippen LogP contribution < -0.4 is 5.32 Å². The number of carbonyl (C=O) groups excluding carboxylic acids is 1. The normalized spacial score (nSPS) is 13.4. The van der Waals surface area contributed by atoms with Crippen LogP contribution in [0, 0.1) is 0 Å². The number of nitrogens with one attached hydrogen (secondary N) is 1. The van der Waals surface area contributed by atoms with Gasteiger partial charge in [0.1, 0.15) is 0 Å². The van der Waals surface area contributed by atoms with Gasteiger partial charge in [-0.25, -0.2) is 0 Å². The lowest BCUT2D eigenvalue weighted by atomic mass is 10.1. The van der Waals surface area contributed by atoms with Crippen LogP contribution in [0.15, 0.2) is 18.2 Å². The minimum absolute atomic E-state index is 0.130. The summed E-state index contributed by atoms with van der Waals surface area (Å²) in [6, 6.07) is 6.78. The fourth-order valence-corrected chi connectivity index (χ4v) is 2.43. The molecule has 0 aromatic heterocycles. The Morgan fingerprint density at radius 2 is 2.17 bits per heavy atom. The van der Waals surface area contributed by atoms with Gasteiger partial charge < -0.3 is 10.1 Å². The Morgan fingerprint density at radius 1 is 1.33 bits per heavy atom. The fraction of sp³-hybridized carbons (Fsp3) is 0.533. The molecule has 0 amide bonds. The smallest absolute Gasteiger partial charge is 0.305 e. The van der Waals surface area contributed by atoms with E-state index in [2.05, 4.69) is 28.3 Å². The van der Waals surface area contributed by atoms with Crippen molar-refractivity contribution in [2.45, 2.75) is 38.6 Å². The van der Waals surface area contributed by atoms with Crippen molar-refractivity contribution in [3.05, 3.63) is 34.9 Å². The van der Waals surface area contributed by atoms with Crippen molar-refractivity contribution in [3.63, 3.8) is 0 Å². The van der Waals surface area contributed by atoms with Gasteiger partial charge in [0, 0.05) is 13.0 Å². The molecule has 1 aromatic rings. The van der Waals surface area contributed by atoms with Crippen LogP contribution in [-0.2, 0) is 28.9 Å². The van der Waals surface area contributed by atoms with E-state index in [0.29, 0.717) is 6.42 Å². The third-order valence-corrected chi connectivity index (χ3v) is 3.45. The largest absolute Gasteiger partial charge is 0.469 e. The molecule has 0 unspecified atom stereocenters. The van der Waals surface area contributed by atoms with Crippen LogP contribution in [0.4, 0.5) is 0 Å². The number of aryl methyl sites for hydroxylation is 2. The highest BCUT2D eigenvalue weighted by Crippen LogP contribution is 2.22. The van der Waals surface area contributed by atoms with E-state index in [-0.39, 0.29) is 5.97 Å². The van der Waals surface area contributed by atoms with Crippen molar-refractivity contribution < 1.29 is 9.53 Å². The van der Waals surface area contributed by atoms with Crippen LogP contribution in [0.1, 0.15) is 36.0 Å². The van der Waals surface area contributed by atoms with Crippen molar-refractivity contribution in [1.82, 2.24) is 5.32 Å². The lowest BCUT2D eigenvalue weighted by Crippen LogP contribution is -2.16. The van der Waals surface area contributed by atoms with E-state index in [9.17, 15) is 4.79 Å². The van der Waals surface area contributed by atoms with E-state index in [1.807, 2.05) is 0 Å². The minimum Gasteiger partial charge on any atom is -0.469 e. The summed E-state index contributed by atoms with van der Waals surface area (Å²) in [6.07, 6.45) is 5.09. The number of rotatable bonds is 6. The molecule has 0 spiro atoms. The van der Waals surface area contributed by atoms with Gasteiger partial charge in [-0.1, -0.05) is 18.2 Å². The predicted molar refractivity (Wildman–Crippen MR) is 71.4 cm³/mol. The first-order valence-electron chi connectivity index (χ1n) is 6.68. The summed E-state index contributed by atoms with van der Waals surface area (Å²) in [5.41, 5.74) is 4.38. The van der Waals surface area contributed by atoms with Gasteiger partial charge in [0.2, 0.25) is 0 Å². The van der Waals surface area contributed by atoms with E-state index in [1.54, 1.807) is 0 Å². The second-order valence-corrected chi connectivity index (χ2v) is 4.81. The highest BCUT2D eigenvalue weighted by Gasteiger charge is 2.10. The predicted octanol–water partition coefficient (Wildman–Crippen LogP) is 2.22. The molecule has 3 nitrogen and oxygen atoms in total. The number of hydrogen-bond donors (Lipinski definition) is 1. The molecule has 0 bridgehead atoms. The van der Waals surface area contributed by atoms with Crippen molar-refractivity contribution in [1.29, 1.82) is 0 Å². The zero-order valence-corrected chi connectivity index (χ0v) is 11.0. The number of hydrogen-bond acceptors (Lipinski definition) is 3. The van der Waals surface area contributed by atoms with E-state index in [0.717, 1.165) is 19.5 Å². The molecule has 0 heterocycles. The monoisotopic (exact) mass is 247 g/mol. The number of fused-ring (bicyclic) bond motifs is 1. The highest BCUT2D eigenvalue weighted by atomic mass is 16.5. The molecule has 1 aromatic carbocycles. The molecule has 3 heteroatoms. The molecule has 1 N–H and O–H groups in total. The summed E-state index contributed by atoms with van der Waals surface area (Å²) >= 11 is 0. The third kappa shape index (κ3) is 3.57. The van der Waals surface area contributed by atoms with Gasteiger partial charge in [0.05, 0.1) is 7.11 Å². The van der Waals surface area contributed by atoms with Gasteiger partial charge in [-0.15, -0.1) is 0 Å². The summed E-state index contributed by atoms with van der Waals surface area (Å²) < 4.78 is 4.60. The molecule has 0 radical (unpaired) electrons. The molecule has 1 aliphatic rings. The van der Waals surface area contributed by atoms with Crippen LogP contribution in [0.25, 0.3) is 0 Å². The number of benzene rings is 1. The summed E-state index contributed by atoms with van der Waals surface area (Å²) in [5.74, 6) is -0.130. The molecule has 0 atom stereocenters. The molecule has 1 aliphatic carbocycles. The molecule has 0 saturated heterocycles. The number of esters is 1. The van der Waals surface area contributed by atoms with Gasteiger partial charge in [-0.3, -0.25) is 4.79 Å². The van der Waals surface area contributed by atoms with Crippen molar-refractivity contribution in [2.75, 3.05) is 13.7 Å². The maximum absolute atomic E-state index is 10.9. The zero-order chi connectivity index (χ0) is 12.8. The Hall–Kier alpha value is -1.35. The highest BCUT2D eigenvalue weighted by molar-refractivity contribution is 5.69. The second kappa shape index (κ2) is 6.55. The molecular formula is C15H21NO2. The van der Waals surface area contributed by atoms with Gasteiger partial charge in [-0.05, 0) is 48.9 Å². The van der Waals surface area contributed by atoms with Gasteiger partial charge in [0.25, 0.3) is 0 Å². The fourth-order valence-electron chi connectivity index (χ4n) is 2.43. The Kier molecular flexibility index (Phi) is 4.76. The van der Waals surface area contributed by atoms with Crippen LogP contribution in [0.3, 0.4) is 0 Å². The number of methoxy groups -OCH3 is 1. The Bertz CT molecular complexity index is 415. The third-order valence-electron chi connectivity index (χ3n) is 3.45. The summed E-state index contributed by atoms with van der Waals surface area (Å²) in [7, 11) is 1.43. The van der Waals surface area contributed by atoms with Crippen molar-refractivity contribution in [3.8, 4) is 0 Å². The second-order valence-electron chi connectivity index (χ2n) is 4.81. The molecule has 0 saturated carbocycles. The van der Waals surface area contributed by atoms with Crippen LogP contribution in [0.2, 0.25) is 0 Å². The van der Waals surface area contributed by atoms with E-state index in [4.69, 9.17) is 0 Å². The molecular weight excluding hydrogens is 226 g/mol.